The second kappa shape index (κ2) is 7.43. The number of carbonyl (C=O) groups excluding carboxylic acids is 1. The quantitative estimate of drug-likeness (QED) is 0.760. The Labute approximate surface area is 145 Å². The first kappa shape index (κ1) is 18.6. The van der Waals surface area contributed by atoms with Crippen molar-refractivity contribution in [2.45, 2.75) is 31.1 Å². The Bertz CT molecular complexity index is 733. The molecule has 1 aromatic heterocycles. The van der Waals surface area contributed by atoms with Crippen LogP contribution in [-0.4, -0.2) is 26.8 Å². The number of anilines is 1. The molecule has 1 heterocycles. The Morgan fingerprint density at radius 2 is 2.12 bits per heavy atom. The molecule has 0 fully saturated rings. The highest BCUT2D eigenvalue weighted by atomic mass is 35.5. The van der Waals surface area contributed by atoms with Gasteiger partial charge in [-0.15, -0.1) is 5.10 Å². The molecule has 0 radical (unpaired) electrons. The van der Waals surface area contributed by atoms with Gasteiger partial charge in [0.15, 0.2) is 0 Å². The number of rotatable bonds is 5. The molecule has 1 amide bonds. The second-order valence-electron chi connectivity index (χ2n) is 5.19. The summed E-state index contributed by atoms with van der Waals surface area (Å²) in [6, 6.07) is 3.20. The van der Waals surface area contributed by atoms with E-state index in [4.69, 9.17) is 11.6 Å². The van der Waals surface area contributed by atoms with Crippen molar-refractivity contribution < 1.29 is 18.0 Å². The first-order valence-electron chi connectivity index (χ1n) is 6.88. The summed E-state index contributed by atoms with van der Waals surface area (Å²) < 4.78 is 38.3. The minimum absolute atomic E-state index is 0.0233. The average Bonchev–Trinajstić information content (AvgIpc) is 2.95. The zero-order chi connectivity index (χ0) is 17.9. The fraction of sp³-hybridized carbons (Fsp3) is 0.357. The molecular formula is C14H14ClF3N4OS. The van der Waals surface area contributed by atoms with Gasteiger partial charge in [0.25, 0.3) is 0 Å². The number of aromatic amines is 1. The largest absolute Gasteiger partial charge is 0.417 e. The van der Waals surface area contributed by atoms with E-state index in [1.807, 2.05) is 13.8 Å². The van der Waals surface area contributed by atoms with E-state index in [1.165, 1.54) is 6.07 Å². The number of thioether (sulfide) groups is 1. The van der Waals surface area contributed by atoms with Crippen molar-refractivity contribution in [3.8, 4) is 0 Å². The molecule has 0 aliphatic heterocycles. The van der Waals surface area contributed by atoms with Gasteiger partial charge in [0, 0.05) is 11.6 Å². The van der Waals surface area contributed by atoms with Crippen molar-refractivity contribution in [1.29, 1.82) is 0 Å². The molecule has 0 saturated carbocycles. The molecule has 2 N–H and O–H groups in total. The van der Waals surface area contributed by atoms with Gasteiger partial charge in [-0.1, -0.05) is 37.2 Å². The monoisotopic (exact) mass is 378 g/mol. The summed E-state index contributed by atoms with van der Waals surface area (Å²) in [5.41, 5.74) is -0.972. The lowest BCUT2D eigenvalue weighted by Crippen LogP contribution is -2.15. The predicted octanol–water partition coefficient (Wildman–Crippen LogP) is 4.33. The summed E-state index contributed by atoms with van der Waals surface area (Å²) in [7, 11) is 0. The molecule has 0 aliphatic carbocycles. The molecule has 5 nitrogen and oxygen atoms in total. The van der Waals surface area contributed by atoms with E-state index < -0.39 is 22.7 Å². The Balaban J connectivity index is 1.97. The van der Waals surface area contributed by atoms with Gasteiger partial charge >= 0.3 is 6.18 Å². The molecule has 0 aliphatic rings. The number of carbonyl (C=O) groups is 1. The van der Waals surface area contributed by atoms with Crippen LogP contribution in [-0.2, 0) is 11.0 Å². The first-order valence-corrected chi connectivity index (χ1v) is 8.25. The molecule has 130 valence electrons. The number of alkyl halides is 3. The van der Waals surface area contributed by atoms with Crippen molar-refractivity contribution in [1.82, 2.24) is 15.2 Å². The van der Waals surface area contributed by atoms with Crippen LogP contribution in [0.3, 0.4) is 0 Å². The Morgan fingerprint density at radius 3 is 2.71 bits per heavy atom. The third-order valence-electron chi connectivity index (χ3n) is 2.92. The molecule has 0 spiro atoms. The maximum Gasteiger partial charge on any atom is 0.417 e. The van der Waals surface area contributed by atoms with Crippen molar-refractivity contribution >= 4 is 35.0 Å². The van der Waals surface area contributed by atoms with Crippen LogP contribution in [0, 0.1) is 0 Å². The van der Waals surface area contributed by atoms with E-state index in [0.717, 1.165) is 23.9 Å². The van der Waals surface area contributed by atoms with Gasteiger partial charge in [0.2, 0.25) is 11.1 Å². The van der Waals surface area contributed by atoms with E-state index in [0.29, 0.717) is 11.0 Å². The Kier molecular flexibility index (Phi) is 5.76. The fourth-order valence-corrected chi connectivity index (χ4v) is 2.56. The van der Waals surface area contributed by atoms with Gasteiger partial charge in [-0.25, -0.2) is 4.98 Å². The zero-order valence-corrected chi connectivity index (χ0v) is 14.3. The van der Waals surface area contributed by atoms with Gasteiger partial charge in [0.1, 0.15) is 5.82 Å². The maximum absolute atomic E-state index is 12.8. The predicted molar refractivity (Wildman–Crippen MR) is 86.3 cm³/mol. The number of benzene rings is 1. The molecule has 0 atom stereocenters. The van der Waals surface area contributed by atoms with E-state index >= 15 is 0 Å². The third kappa shape index (κ3) is 4.88. The van der Waals surface area contributed by atoms with Gasteiger partial charge in [-0.05, 0) is 18.2 Å². The summed E-state index contributed by atoms with van der Waals surface area (Å²) in [6.45, 7) is 3.89. The van der Waals surface area contributed by atoms with Crippen LogP contribution < -0.4 is 5.32 Å². The number of halogens is 4. The van der Waals surface area contributed by atoms with Crippen molar-refractivity contribution in [2.24, 2.45) is 0 Å². The van der Waals surface area contributed by atoms with E-state index in [-0.39, 0.29) is 17.4 Å². The van der Waals surface area contributed by atoms with Crippen LogP contribution in [0.25, 0.3) is 0 Å². The number of aromatic nitrogens is 3. The van der Waals surface area contributed by atoms with Gasteiger partial charge in [-0.2, -0.15) is 13.2 Å². The van der Waals surface area contributed by atoms with Gasteiger partial charge < -0.3 is 5.32 Å². The molecule has 10 heteroatoms. The molecule has 0 unspecified atom stereocenters. The van der Waals surface area contributed by atoms with Gasteiger partial charge in [-0.3, -0.25) is 9.89 Å². The highest BCUT2D eigenvalue weighted by molar-refractivity contribution is 7.99. The topological polar surface area (TPSA) is 70.7 Å². The number of hydrogen-bond acceptors (Lipinski definition) is 4. The molecule has 1 aromatic carbocycles. The van der Waals surface area contributed by atoms with Crippen LogP contribution in [0.15, 0.2) is 23.4 Å². The molecule has 2 aromatic rings. The average molecular weight is 379 g/mol. The lowest BCUT2D eigenvalue weighted by molar-refractivity contribution is -0.137. The summed E-state index contributed by atoms with van der Waals surface area (Å²) in [5.74, 6) is 0.381. The summed E-state index contributed by atoms with van der Waals surface area (Å²) in [5, 5.41) is 9.09. The van der Waals surface area contributed by atoms with Crippen molar-refractivity contribution in [2.75, 3.05) is 11.1 Å². The summed E-state index contributed by atoms with van der Waals surface area (Å²) in [6.07, 6.45) is -4.58. The smallest absolute Gasteiger partial charge is 0.325 e. The Hall–Kier alpha value is -1.74. The number of nitrogens with zero attached hydrogens (tertiary/aromatic N) is 2. The standard InChI is InChI=1S/C14H14ClF3N4OS/c1-7(2)12-20-13(22-21-12)24-6-11(23)19-8-3-4-10(15)9(5-8)14(16,17)18/h3-5,7H,6H2,1-2H3,(H,19,23)(H,20,21,22). The minimum Gasteiger partial charge on any atom is -0.325 e. The normalized spacial score (nSPS) is 11.8. The van der Waals surface area contributed by atoms with E-state index in [2.05, 4.69) is 20.5 Å². The van der Waals surface area contributed by atoms with Crippen LogP contribution in [0.2, 0.25) is 5.02 Å². The third-order valence-corrected chi connectivity index (χ3v) is 4.09. The molecule has 0 bridgehead atoms. The van der Waals surface area contributed by atoms with Crippen LogP contribution in [0.4, 0.5) is 18.9 Å². The summed E-state index contributed by atoms with van der Waals surface area (Å²) >= 11 is 6.61. The van der Waals surface area contributed by atoms with E-state index in [1.54, 1.807) is 0 Å². The lowest BCUT2D eigenvalue weighted by Gasteiger charge is -2.11. The number of nitrogens with one attached hydrogen (secondary N) is 2. The van der Waals surface area contributed by atoms with E-state index in [9.17, 15) is 18.0 Å². The second-order valence-corrected chi connectivity index (χ2v) is 6.54. The van der Waals surface area contributed by atoms with Crippen LogP contribution in [0.5, 0.6) is 0 Å². The molecule has 0 saturated heterocycles. The number of H-pyrrole nitrogens is 1. The highest BCUT2D eigenvalue weighted by Crippen LogP contribution is 2.36. The van der Waals surface area contributed by atoms with Crippen LogP contribution >= 0.6 is 23.4 Å². The Morgan fingerprint density at radius 1 is 1.42 bits per heavy atom. The van der Waals surface area contributed by atoms with Gasteiger partial charge in [0.05, 0.1) is 16.3 Å². The maximum atomic E-state index is 12.8. The van der Waals surface area contributed by atoms with Crippen LogP contribution in [0.1, 0.15) is 31.2 Å². The first-order chi connectivity index (χ1) is 11.2. The number of hydrogen-bond donors (Lipinski definition) is 2. The molecular weight excluding hydrogens is 365 g/mol. The highest BCUT2D eigenvalue weighted by Gasteiger charge is 2.33. The molecule has 24 heavy (non-hydrogen) atoms. The zero-order valence-electron chi connectivity index (χ0n) is 12.7. The van der Waals surface area contributed by atoms with Crippen molar-refractivity contribution in [3.63, 3.8) is 0 Å². The van der Waals surface area contributed by atoms with Crippen molar-refractivity contribution in [3.05, 3.63) is 34.6 Å². The lowest BCUT2D eigenvalue weighted by atomic mass is 10.2. The number of amides is 1. The fourth-order valence-electron chi connectivity index (χ4n) is 1.73. The molecule has 2 rings (SSSR count). The summed E-state index contributed by atoms with van der Waals surface area (Å²) in [4.78, 5) is 16.1. The minimum atomic E-state index is -4.58. The SMILES string of the molecule is CC(C)c1nc(SCC(=O)Nc2ccc(Cl)c(C(F)(F)F)c2)n[nH]1.